The fourth-order valence-electron chi connectivity index (χ4n) is 6.07. The van der Waals surface area contributed by atoms with E-state index in [4.69, 9.17) is 25.8 Å². The molecule has 10 heteroatoms. The Hall–Kier alpha value is -3.92. The highest BCUT2D eigenvalue weighted by molar-refractivity contribution is 6.25. The van der Waals surface area contributed by atoms with E-state index in [1.807, 2.05) is 0 Å². The Bertz CT molecular complexity index is 1460. The monoisotopic (exact) mass is 635 g/mol. The first-order valence-electron chi connectivity index (χ1n) is 15.3. The van der Waals surface area contributed by atoms with Gasteiger partial charge in [-0.15, -0.1) is 0 Å². The molecule has 2 fully saturated rings. The van der Waals surface area contributed by atoms with Gasteiger partial charge in [-0.3, -0.25) is 9.59 Å². The fraction of sp³-hybridized carbons (Fsp3) is 0.400. The van der Waals surface area contributed by atoms with E-state index in [1.165, 1.54) is 19.3 Å². The topological polar surface area (TPSA) is 123 Å². The molecule has 2 saturated heterocycles. The summed E-state index contributed by atoms with van der Waals surface area (Å²) < 4.78 is 18.1. The Morgan fingerprint density at radius 1 is 0.778 bits per heavy atom. The van der Waals surface area contributed by atoms with Crippen LogP contribution in [-0.2, 0) is 34.5 Å². The summed E-state index contributed by atoms with van der Waals surface area (Å²) in [6.45, 7) is 3.90. The third-order valence-corrected chi connectivity index (χ3v) is 8.98. The van der Waals surface area contributed by atoms with Crippen molar-refractivity contribution in [2.24, 2.45) is 0 Å². The van der Waals surface area contributed by atoms with Crippen molar-refractivity contribution in [3.63, 3.8) is 0 Å². The second-order valence-corrected chi connectivity index (χ2v) is 12.2. The first kappa shape index (κ1) is 32.5. The molecular weight excluding hydrogens is 598 g/mol. The zero-order valence-corrected chi connectivity index (χ0v) is 25.8. The molecule has 9 nitrogen and oxygen atoms in total. The molecule has 3 aromatic carbocycles. The minimum atomic E-state index is -2.76. The number of rotatable bonds is 10. The molecule has 2 heterocycles. The Kier molecular flexibility index (Phi) is 10.1. The first-order chi connectivity index (χ1) is 21.7. The van der Waals surface area contributed by atoms with E-state index in [1.54, 1.807) is 84.9 Å². The van der Waals surface area contributed by atoms with Gasteiger partial charge in [-0.05, 0) is 57.5 Å². The predicted molar refractivity (Wildman–Crippen MR) is 167 cm³/mol. The van der Waals surface area contributed by atoms with Crippen molar-refractivity contribution in [2.45, 2.75) is 61.2 Å². The molecule has 3 unspecified atom stereocenters. The van der Waals surface area contributed by atoms with Crippen LogP contribution >= 0.6 is 11.6 Å². The van der Waals surface area contributed by atoms with Crippen molar-refractivity contribution in [1.29, 1.82) is 0 Å². The van der Waals surface area contributed by atoms with Crippen LogP contribution in [0, 0.1) is 0 Å². The summed E-state index contributed by atoms with van der Waals surface area (Å²) in [6, 6.07) is 23.7. The highest BCUT2D eigenvalue weighted by Crippen LogP contribution is 2.55. The van der Waals surface area contributed by atoms with E-state index in [2.05, 4.69) is 4.90 Å². The quantitative estimate of drug-likeness (QED) is 0.172. The lowest BCUT2D eigenvalue weighted by atomic mass is 9.77. The lowest BCUT2D eigenvalue weighted by molar-refractivity contribution is -0.189. The summed E-state index contributed by atoms with van der Waals surface area (Å²) in [7, 11) is 0. The molecule has 2 N–H and O–H groups in total. The molecule has 0 saturated carbocycles. The van der Waals surface area contributed by atoms with E-state index < -0.39 is 47.0 Å². The second-order valence-electron chi connectivity index (χ2n) is 11.6. The van der Waals surface area contributed by atoms with Crippen molar-refractivity contribution in [3.8, 4) is 5.75 Å². The Labute approximate surface area is 267 Å². The van der Waals surface area contributed by atoms with Crippen LogP contribution < -0.4 is 4.74 Å². The Morgan fingerprint density at radius 2 is 1.33 bits per heavy atom. The van der Waals surface area contributed by atoms with Gasteiger partial charge in [0.15, 0.2) is 5.60 Å². The van der Waals surface area contributed by atoms with Gasteiger partial charge in [-0.2, -0.15) is 0 Å². The number of esters is 2. The molecule has 3 atom stereocenters. The van der Waals surface area contributed by atoms with Gasteiger partial charge in [0.2, 0.25) is 5.60 Å². The molecule has 2 aliphatic rings. The van der Waals surface area contributed by atoms with Crippen LogP contribution in [0.3, 0.4) is 0 Å². The Balaban J connectivity index is 1.52. The van der Waals surface area contributed by atoms with Gasteiger partial charge in [0.05, 0.1) is 19.4 Å². The summed E-state index contributed by atoms with van der Waals surface area (Å²) in [6.07, 6.45) is 3.73. The summed E-state index contributed by atoms with van der Waals surface area (Å²) in [5, 5.41) is 18.4. The summed E-state index contributed by atoms with van der Waals surface area (Å²) in [4.78, 5) is 41.4. The third-order valence-electron chi connectivity index (χ3n) is 8.42. The number of aliphatic hydroxyl groups is 1. The van der Waals surface area contributed by atoms with Gasteiger partial charge in [0.25, 0.3) is 5.06 Å². The number of alkyl halides is 1. The van der Waals surface area contributed by atoms with Crippen molar-refractivity contribution in [2.75, 3.05) is 26.2 Å². The maximum Gasteiger partial charge on any atom is 0.336 e. The molecule has 0 bridgehead atoms. The Morgan fingerprint density at radius 3 is 1.93 bits per heavy atom. The number of halogens is 1. The molecule has 45 heavy (non-hydrogen) atoms. The predicted octanol–water partition coefficient (Wildman–Crippen LogP) is 5.36. The van der Waals surface area contributed by atoms with Gasteiger partial charge >= 0.3 is 17.9 Å². The lowest BCUT2D eigenvalue weighted by Crippen LogP contribution is -2.52. The van der Waals surface area contributed by atoms with Crippen molar-refractivity contribution < 1.29 is 38.8 Å². The average molecular weight is 636 g/mol. The number of carbonyl (C=O) groups is 3. The van der Waals surface area contributed by atoms with E-state index in [0.717, 1.165) is 32.5 Å². The molecule has 0 aromatic heterocycles. The number of piperidine rings is 1. The van der Waals surface area contributed by atoms with Crippen molar-refractivity contribution in [3.05, 3.63) is 102 Å². The number of likely N-dealkylation sites (tertiary alicyclic amines) is 1. The molecule has 0 aliphatic carbocycles. The molecule has 5 rings (SSSR count). The largest absolute Gasteiger partial charge is 0.494 e. The molecule has 3 aromatic rings. The minimum absolute atomic E-state index is 0.270. The molecule has 2 aliphatic heterocycles. The van der Waals surface area contributed by atoms with E-state index in [0.29, 0.717) is 23.5 Å². The van der Waals surface area contributed by atoms with Crippen molar-refractivity contribution >= 4 is 29.5 Å². The van der Waals surface area contributed by atoms with Gasteiger partial charge in [0.1, 0.15) is 5.75 Å². The van der Waals surface area contributed by atoms with Gasteiger partial charge in [0, 0.05) is 16.7 Å². The number of ether oxygens (including phenoxy) is 3. The molecule has 0 radical (unpaired) electrons. The molecule has 0 amide bonds. The minimum Gasteiger partial charge on any atom is -0.494 e. The molecular formula is C35H38ClNO8. The van der Waals surface area contributed by atoms with Crippen LogP contribution in [0.15, 0.2) is 84.9 Å². The van der Waals surface area contributed by atoms with Crippen LogP contribution in [0.25, 0.3) is 0 Å². The van der Waals surface area contributed by atoms with E-state index in [9.17, 15) is 24.6 Å². The molecule has 0 spiro atoms. The SMILES string of the molecule is O=C1CC(O)(C(=O)O)CC(=O)OC(c2ccccc2)(c2ccc(OCCCCN3CCCCC3)cc2)C(Cl)(c2ccccc2)O1. The number of cyclic esters (lactones) is 2. The van der Waals surface area contributed by atoms with Crippen LogP contribution in [0.5, 0.6) is 5.75 Å². The number of benzene rings is 3. The van der Waals surface area contributed by atoms with E-state index >= 15 is 0 Å². The number of hydrogen-bond acceptors (Lipinski definition) is 8. The summed E-state index contributed by atoms with van der Waals surface area (Å²) >= 11 is 7.41. The van der Waals surface area contributed by atoms with Gasteiger partial charge in [-0.25, -0.2) is 4.79 Å². The molecule has 238 valence electrons. The average Bonchev–Trinajstić information content (AvgIpc) is 3.08. The zero-order chi connectivity index (χ0) is 31.9. The van der Waals surface area contributed by atoms with Crippen LogP contribution in [0.1, 0.15) is 61.6 Å². The van der Waals surface area contributed by atoms with Crippen LogP contribution in [0.2, 0.25) is 0 Å². The number of carboxylic acid groups (broad SMARTS) is 1. The highest BCUT2D eigenvalue weighted by Gasteiger charge is 2.62. The maximum atomic E-state index is 13.6. The fourth-order valence-corrected chi connectivity index (χ4v) is 6.54. The lowest BCUT2D eigenvalue weighted by Gasteiger charge is -2.45. The summed E-state index contributed by atoms with van der Waals surface area (Å²) in [5.41, 5.74) is -3.81. The standard InChI is InChI=1S/C35H38ClNO8/c36-35(28-14-6-2-7-15-28)34(26-12-4-1-5-13-26,44-30(38)24-33(42,32(40)41)25-31(39)45-35)27-16-18-29(19-17-27)43-23-11-10-22-37-20-8-3-9-21-37/h1-2,4-7,12-19,42H,3,8-11,20-25H2,(H,40,41). The number of nitrogens with zero attached hydrogens (tertiary/aromatic N) is 1. The number of carbonyl (C=O) groups excluding carboxylic acids is 2. The normalized spacial score (nSPS) is 26.1. The third kappa shape index (κ3) is 7.01. The van der Waals surface area contributed by atoms with Crippen molar-refractivity contribution in [1.82, 2.24) is 4.90 Å². The number of carboxylic acids is 1. The van der Waals surface area contributed by atoms with Gasteiger partial charge < -0.3 is 29.3 Å². The van der Waals surface area contributed by atoms with E-state index in [-0.39, 0.29) is 5.56 Å². The maximum absolute atomic E-state index is 13.6. The zero-order valence-electron chi connectivity index (χ0n) is 25.0. The smallest absolute Gasteiger partial charge is 0.336 e. The second kappa shape index (κ2) is 14.0. The highest BCUT2D eigenvalue weighted by atomic mass is 35.5. The number of unbranched alkanes of at least 4 members (excludes halogenated alkanes) is 1. The first-order valence-corrected chi connectivity index (χ1v) is 15.7. The number of hydrogen-bond donors (Lipinski definition) is 2. The van der Waals surface area contributed by atoms with Gasteiger partial charge in [-0.1, -0.05) is 90.8 Å². The summed E-state index contributed by atoms with van der Waals surface area (Å²) in [5.74, 6) is -3.38. The number of aliphatic carboxylic acids is 1. The van der Waals surface area contributed by atoms with Crippen LogP contribution in [-0.4, -0.2) is 64.9 Å². The van der Waals surface area contributed by atoms with Crippen LogP contribution in [0.4, 0.5) is 0 Å².